The van der Waals surface area contributed by atoms with Crippen molar-refractivity contribution in [1.29, 1.82) is 0 Å². The van der Waals surface area contributed by atoms with E-state index in [1.165, 1.54) is 22.5 Å². The molecule has 0 atom stereocenters. The number of esters is 1. The van der Waals surface area contributed by atoms with E-state index >= 15 is 0 Å². The summed E-state index contributed by atoms with van der Waals surface area (Å²) >= 11 is 3.07. The van der Waals surface area contributed by atoms with E-state index in [0.29, 0.717) is 28.9 Å². The quantitative estimate of drug-likeness (QED) is 0.204. The van der Waals surface area contributed by atoms with Gasteiger partial charge >= 0.3 is 5.97 Å². The van der Waals surface area contributed by atoms with Crippen LogP contribution in [0.1, 0.15) is 55.1 Å². The molecule has 0 amide bonds. The lowest BCUT2D eigenvalue weighted by Gasteiger charge is -2.11. The molecule has 0 aliphatic rings. The maximum Gasteiger partial charge on any atom is 0.341 e. The SMILES string of the molecule is CCOC(=O)c1c(-c2ccc(CC)cc2)csc1Nc1ncnc2scc(-c3ccc(C(C)C)cc3)c12. The number of aromatic nitrogens is 2. The van der Waals surface area contributed by atoms with Crippen LogP contribution in [0, 0.1) is 0 Å². The third-order valence-electron chi connectivity index (χ3n) is 6.43. The summed E-state index contributed by atoms with van der Waals surface area (Å²) in [7, 11) is 0. The number of nitrogens with one attached hydrogen (secondary N) is 1. The summed E-state index contributed by atoms with van der Waals surface area (Å²) in [6.45, 7) is 8.65. The third-order valence-corrected chi connectivity index (χ3v) is 8.22. The Labute approximate surface area is 225 Å². The van der Waals surface area contributed by atoms with Crippen molar-refractivity contribution in [1.82, 2.24) is 9.97 Å². The summed E-state index contributed by atoms with van der Waals surface area (Å²) in [5.41, 5.74) is 7.11. The number of hydrogen-bond acceptors (Lipinski definition) is 7. The summed E-state index contributed by atoms with van der Waals surface area (Å²) in [6.07, 6.45) is 2.53. The molecule has 37 heavy (non-hydrogen) atoms. The Morgan fingerprint density at radius 1 is 0.919 bits per heavy atom. The molecule has 3 aromatic heterocycles. The molecule has 0 radical (unpaired) electrons. The Hall–Kier alpha value is -3.55. The van der Waals surface area contributed by atoms with Crippen molar-refractivity contribution in [3.05, 3.63) is 82.3 Å². The van der Waals surface area contributed by atoms with Crippen molar-refractivity contribution in [2.75, 3.05) is 11.9 Å². The second-order valence-electron chi connectivity index (χ2n) is 9.08. The zero-order valence-corrected chi connectivity index (χ0v) is 23.0. The van der Waals surface area contributed by atoms with Gasteiger partial charge in [-0.1, -0.05) is 69.3 Å². The predicted molar refractivity (Wildman–Crippen MR) is 155 cm³/mol. The minimum absolute atomic E-state index is 0.307. The van der Waals surface area contributed by atoms with E-state index in [2.05, 4.69) is 90.0 Å². The average Bonchev–Trinajstić information content (AvgIpc) is 3.54. The number of thiophene rings is 2. The number of carbonyl (C=O) groups is 1. The number of carbonyl (C=O) groups excluding carboxylic acids is 1. The maximum absolute atomic E-state index is 13.1. The molecule has 1 N–H and O–H groups in total. The van der Waals surface area contributed by atoms with Crippen LogP contribution in [0.15, 0.2) is 65.6 Å². The van der Waals surface area contributed by atoms with Gasteiger partial charge in [-0.3, -0.25) is 0 Å². The molecule has 0 aliphatic heterocycles. The lowest BCUT2D eigenvalue weighted by atomic mass is 9.99. The zero-order chi connectivity index (χ0) is 25.9. The van der Waals surface area contributed by atoms with Crippen LogP contribution in [0.25, 0.3) is 32.5 Å². The molecule has 0 aliphatic carbocycles. The van der Waals surface area contributed by atoms with Crippen LogP contribution in [0.3, 0.4) is 0 Å². The topological polar surface area (TPSA) is 64.1 Å². The highest BCUT2D eigenvalue weighted by Crippen LogP contribution is 2.41. The Balaban J connectivity index is 1.58. The third kappa shape index (κ3) is 5.02. The van der Waals surface area contributed by atoms with Crippen molar-refractivity contribution in [2.45, 2.75) is 40.0 Å². The van der Waals surface area contributed by atoms with Crippen LogP contribution in [0.2, 0.25) is 0 Å². The standard InChI is InChI=1S/C30H29N3O2S2/c1-5-19-7-9-21(10-8-19)24-16-37-29(26(24)30(34)35-6-2)33-27-25-23(15-36-28(25)32-17-31-27)22-13-11-20(12-14-22)18(3)4/h7-18H,5-6H2,1-4H3,(H,31,32,33). The maximum atomic E-state index is 13.1. The van der Waals surface area contributed by atoms with E-state index < -0.39 is 0 Å². The zero-order valence-electron chi connectivity index (χ0n) is 21.4. The summed E-state index contributed by atoms with van der Waals surface area (Å²) in [6, 6.07) is 17.0. The van der Waals surface area contributed by atoms with Crippen molar-refractivity contribution in [3.63, 3.8) is 0 Å². The lowest BCUT2D eigenvalue weighted by Crippen LogP contribution is -2.08. The molecule has 0 bridgehead atoms. The predicted octanol–water partition coefficient (Wildman–Crippen LogP) is 8.69. The van der Waals surface area contributed by atoms with Gasteiger partial charge in [0, 0.05) is 21.9 Å². The van der Waals surface area contributed by atoms with Gasteiger partial charge in [-0.2, -0.15) is 0 Å². The van der Waals surface area contributed by atoms with Crippen molar-refractivity contribution in [3.8, 4) is 22.3 Å². The highest BCUT2D eigenvalue weighted by Gasteiger charge is 2.23. The summed E-state index contributed by atoms with van der Waals surface area (Å²) in [5, 5.41) is 9.25. The van der Waals surface area contributed by atoms with Gasteiger partial charge < -0.3 is 10.1 Å². The van der Waals surface area contributed by atoms with Gasteiger partial charge in [-0.25, -0.2) is 14.8 Å². The van der Waals surface area contributed by atoms with Crippen LogP contribution >= 0.6 is 22.7 Å². The normalized spacial score (nSPS) is 11.3. The van der Waals surface area contributed by atoms with Crippen molar-refractivity contribution < 1.29 is 9.53 Å². The second-order valence-corrected chi connectivity index (χ2v) is 10.8. The Morgan fingerprint density at radius 2 is 1.59 bits per heavy atom. The number of nitrogens with zero attached hydrogens (tertiary/aromatic N) is 2. The monoisotopic (exact) mass is 527 g/mol. The molecule has 0 spiro atoms. The number of hydrogen-bond donors (Lipinski definition) is 1. The Bertz CT molecular complexity index is 1530. The highest BCUT2D eigenvalue weighted by molar-refractivity contribution is 7.17. The highest BCUT2D eigenvalue weighted by atomic mass is 32.1. The number of ether oxygens (including phenoxy) is 1. The molecule has 7 heteroatoms. The number of rotatable bonds is 8. The molecule has 3 heterocycles. The van der Waals surface area contributed by atoms with Crippen LogP contribution in [-0.4, -0.2) is 22.5 Å². The minimum Gasteiger partial charge on any atom is -0.462 e. The first kappa shape index (κ1) is 25.1. The number of benzene rings is 2. The van der Waals surface area contributed by atoms with Crippen molar-refractivity contribution in [2.24, 2.45) is 0 Å². The fourth-order valence-electron chi connectivity index (χ4n) is 4.33. The molecule has 2 aromatic carbocycles. The second kappa shape index (κ2) is 10.8. The minimum atomic E-state index is -0.346. The fourth-order valence-corrected chi connectivity index (χ4v) is 6.20. The van der Waals surface area contributed by atoms with Crippen LogP contribution in [-0.2, 0) is 11.2 Å². The Kier molecular flexibility index (Phi) is 7.35. The van der Waals surface area contributed by atoms with E-state index in [1.807, 2.05) is 12.3 Å². The molecule has 5 aromatic rings. The molecule has 0 fully saturated rings. The van der Waals surface area contributed by atoms with Gasteiger partial charge in [0.15, 0.2) is 0 Å². The molecule has 188 valence electrons. The summed E-state index contributed by atoms with van der Waals surface area (Å²) in [5.74, 6) is 0.803. The average molecular weight is 528 g/mol. The number of aryl methyl sites for hydroxylation is 1. The number of fused-ring (bicyclic) bond motifs is 1. The lowest BCUT2D eigenvalue weighted by molar-refractivity contribution is 0.0529. The molecule has 5 rings (SSSR count). The van der Waals surface area contributed by atoms with E-state index in [1.54, 1.807) is 17.7 Å². The van der Waals surface area contributed by atoms with Gasteiger partial charge in [-0.05, 0) is 41.5 Å². The van der Waals surface area contributed by atoms with Crippen LogP contribution in [0.4, 0.5) is 10.8 Å². The van der Waals surface area contributed by atoms with Gasteiger partial charge in [0.2, 0.25) is 0 Å². The van der Waals surface area contributed by atoms with E-state index in [0.717, 1.165) is 38.9 Å². The molecule has 0 saturated carbocycles. The number of anilines is 2. The Morgan fingerprint density at radius 3 is 2.27 bits per heavy atom. The van der Waals surface area contributed by atoms with Gasteiger partial charge in [0.05, 0.1) is 12.0 Å². The van der Waals surface area contributed by atoms with Crippen molar-refractivity contribution >= 4 is 49.7 Å². The van der Waals surface area contributed by atoms with Gasteiger partial charge in [0.25, 0.3) is 0 Å². The molecule has 0 saturated heterocycles. The smallest absolute Gasteiger partial charge is 0.341 e. The first-order chi connectivity index (χ1) is 18.0. The molecule has 5 nitrogen and oxygen atoms in total. The van der Waals surface area contributed by atoms with Crippen LogP contribution in [0.5, 0.6) is 0 Å². The molecular weight excluding hydrogens is 498 g/mol. The van der Waals surface area contributed by atoms with Crippen LogP contribution < -0.4 is 5.32 Å². The fraction of sp³-hybridized carbons (Fsp3) is 0.233. The summed E-state index contributed by atoms with van der Waals surface area (Å²) < 4.78 is 5.46. The summed E-state index contributed by atoms with van der Waals surface area (Å²) in [4.78, 5) is 23.1. The van der Waals surface area contributed by atoms with Gasteiger partial charge in [0.1, 0.15) is 27.5 Å². The van der Waals surface area contributed by atoms with E-state index in [9.17, 15) is 4.79 Å². The first-order valence-corrected chi connectivity index (χ1v) is 14.2. The van der Waals surface area contributed by atoms with E-state index in [-0.39, 0.29) is 5.97 Å². The van der Waals surface area contributed by atoms with Gasteiger partial charge in [-0.15, -0.1) is 22.7 Å². The molecule has 0 unspecified atom stereocenters. The first-order valence-electron chi connectivity index (χ1n) is 12.5. The molecular formula is C30H29N3O2S2. The van der Waals surface area contributed by atoms with E-state index in [4.69, 9.17) is 4.74 Å². The largest absolute Gasteiger partial charge is 0.462 e.